The highest BCUT2D eigenvalue weighted by Crippen LogP contribution is 2.17. The fourth-order valence-corrected chi connectivity index (χ4v) is 1.18. The maximum absolute atomic E-state index is 10.6. The van der Waals surface area contributed by atoms with Gasteiger partial charge in [0.1, 0.15) is 6.04 Å². The summed E-state index contributed by atoms with van der Waals surface area (Å²) in [5.41, 5.74) is 6.45. The molecule has 78 valence electrons. The van der Waals surface area contributed by atoms with Crippen molar-refractivity contribution >= 4 is 18.4 Å². The van der Waals surface area contributed by atoms with E-state index in [0.717, 1.165) is 5.56 Å². The van der Waals surface area contributed by atoms with Gasteiger partial charge in [-0.2, -0.15) is 0 Å². The lowest BCUT2D eigenvalue weighted by atomic mass is 9.94. The van der Waals surface area contributed by atoms with Gasteiger partial charge in [0.2, 0.25) is 0 Å². The molecule has 0 aliphatic carbocycles. The first-order valence-corrected chi connectivity index (χ1v) is 4.16. The maximum Gasteiger partial charge on any atom is 0.321 e. The average Bonchev–Trinajstić information content (AvgIpc) is 2.17. The SMILES string of the molecule is CC(c1ccccc1)C(N)C(=O)O.Cl. The molecule has 0 saturated carbocycles. The van der Waals surface area contributed by atoms with Gasteiger partial charge in [-0.3, -0.25) is 4.79 Å². The molecule has 0 heterocycles. The zero-order valence-corrected chi connectivity index (χ0v) is 8.70. The Balaban J connectivity index is 0.00000169. The van der Waals surface area contributed by atoms with Crippen LogP contribution in [0.3, 0.4) is 0 Å². The van der Waals surface area contributed by atoms with E-state index in [4.69, 9.17) is 10.8 Å². The minimum Gasteiger partial charge on any atom is -0.480 e. The molecule has 0 aromatic heterocycles. The van der Waals surface area contributed by atoms with Crippen LogP contribution in [-0.2, 0) is 4.79 Å². The smallest absolute Gasteiger partial charge is 0.321 e. The quantitative estimate of drug-likeness (QED) is 0.806. The van der Waals surface area contributed by atoms with Crippen molar-refractivity contribution in [1.82, 2.24) is 0 Å². The Labute approximate surface area is 89.3 Å². The van der Waals surface area contributed by atoms with Crippen molar-refractivity contribution in [2.75, 3.05) is 0 Å². The average molecular weight is 216 g/mol. The third kappa shape index (κ3) is 3.01. The summed E-state index contributed by atoms with van der Waals surface area (Å²) >= 11 is 0. The molecule has 14 heavy (non-hydrogen) atoms. The monoisotopic (exact) mass is 215 g/mol. The van der Waals surface area contributed by atoms with Gasteiger partial charge in [-0.05, 0) is 5.56 Å². The van der Waals surface area contributed by atoms with E-state index in [-0.39, 0.29) is 18.3 Å². The molecular weight excluding hydrogens is 202 g/mol. The summed E-state index contributed by atoms with van der Waals surface area (Å²) in [6.07, 6.45) is 0. The summed E-state index contributed by atoms with van der Waals surface area (Å²) in [5.74, 6) is -1.12. The van der Waals surface area contributed by atoms with E-state index in [2.05, 4.69) is 0 Å². The summed E-state index contributed by atoms with van der Waals surface area (Å²) in [6.45, 7) is 1.81. The standard InChI is InChI=1S/C10H13NO2.ClH/c1-7(9(11)10(12)13)8-5-3-2-4-6-8;/h2-7,9H,11H2,1H3,(H,12,13);1H. The number of carboxylic acids is 1. The van der Waals surface area contributed by atoms with Crippen molar-refractivity contribution < 1.29 is 9.90 Å². The Hall–Kier alpha value is -1.06. The third-order valence-electron chi connectivity index (χ3n) is 2.15. The van der Waals surface area contributed by atoms with E-state index in [1.165, 1.54) is 0 Å². The molecular formula is C10H14ClNO2. The number of benzene rings is 1. The van der Waals surface area contributed by atoms with Crippen LogP contribution in [0, 0.1) is 0 Å². The normalized spacial score (nSPS) is 13.9. The van der Waals surface area contributed by atoms with Crippen LogP contribution in [-0.4, -0.2) is 17.1 Å². The predicted octanol–water partition coefficient (Wildman–Crippen LogP) is 1.62. The van der Waals surface area contributed by atoms with Crippen LogP contribution in [0.1, 0.15) is 18.4 Å². The third-order valence-corrected chi connectivity index (χ3v) is 2.15. The molecule has 1 aromatic rings. The molecule has 0 radical (unpaired) electrons. The van der Waals surface area contributed by atoms with Gasteiger partial charge in [0.05, 0.1) is 0 Å². The Bertz CT molecular complexity index is 289. The first-order chi connectivity index (χ1) is 6.13. The minimum atomic E-state index is -0.962. The van der Waals surface area contributed by atoms with Gasteiger partial charge in [-0.1, -0.05) is 37.3 Å². The number of hydrogen-bond donors (Lipinski definition) is 2. The second kappa shape index (κ2) is 5.62. The van der Waals surface area contributed by atoms with Crippen LogP contribution in [0.15, 0.2) is 30.3 Å². The van der Waals surface area contributed by atoms with Crippen molar-refractivity contribution in [1.29, 1.82) is 0 Å². The van der Waals surface area contributed by atoms with E-state index in [1.807, 2.05) is 37.3 Å². The summed E-state index contributed by atoms with van der Waals surface area (Å²) in [4.78, 5) is 10.6. The lowest BCUT2D eigenvalue weighted by Gasteiger charge is -2.15. The highest BCUT2D eigenvalue weighted by atomic mass is 35.5. The molecule has 0 bridgehead atoms. The molecule has 2 unspecified atom stereocenters. The Morgan fingerprint density at radius 2 is 1.86 bits per heavy atom. The number of rotatable bonds is 3. The van der Waals surface area contributed by atoms with Crippen molar-refractivity contribution in [3.63, 3.8) is 0 Å². The molecule has 3 nitrogen and oxygen atoms in total. The molecule has 2 atom stereocenters. The molecule has 3 N–H and O–H groups in total. The van der Waals surface area contributed by atoms with Crippen LogP contribution < -0.4 is 5.73 Å². The molecule has 0 saturated heterocycles. The van der Waals surface area contributed by atoms with Crippen LogP contribution in [0.4, 0.5) is 0 Å². The molecule has 0 aliphatic heterocycles. The molecule has 1 rings (SSSR count). The Morgan fingerprint density at radius 1 is 1.36 bits per heavy atom. The van der Waals surface area contributed by atoms with Gasteiger partial charge in [0, 0.05) is 5.92 Å². The van der Waals surface area contributed by atoms with Crippen molar-refractivity contribution in [2.24, 2.45) is 5.73 Å². The van der Waals surface area contributed by atoms with Crippen molar-refractivity contribution in [3.05, 3.63) is 35.9 Å². The number of carbonyl (C=O) groups is 1. The molecule has 0 amide bonds. The Kier molecular flexibility index (Phi) is 5.20. The number of halogens is 1. The van der Waals surface area contributed by atoms with E-state index in [9.17, 15) is 4.79 Å². The lowest BCUT2D eigenvalue weighted by molar-refractivity contribution is -0.139. The summed E-state index contributed by atoms with van der Waals surface area (Å²) in [7, 11) is 0. The highest BCUT2D eigenvalue weighted by molar-refractivity contribution is 5.85. The minimum absolute atomic E-state index is 0. The lowest BCUT2D eigenvalue weighted by Crippen LogP contribution is -2.35. The Morgan fingerprint density at radius 3 is 2.29 bits per heavy atom. The second-order valence-corrected chi connectivity index (χ2v) is 3.06. The number of hydrogen-bond acceptors (Lipinski definition) is 2. The van der Waals surface area contributed by atoms with Gasteiger partial charge in [-0.15, -0.1) is 12.4 Å². The summed E-state index contributed by atoms with van der Waals surface area (Å²) in [6, 6.07) is 8.58. The van der Waals surface area contributed by atoms with Crippen LogP contribution in [0.25, 0.3) is 0 Å². The largest absolute Gasteiger partial charge is 0.480 e. The second-order valence-electron chi connectivity index (χ2n) is 3.06. The molecule has 4 heteroatoms. The van der Waals surface area contributed by atoms with Gasteiger partial charge < -0.3 is 10.8 Å². The zero-order valence-electron chi connectivity index (χ0n) is 7.88. The van der Waals surface area contributed by atoms with Crippen molar-refractivity contribution in [3.8, 4) is 0 Å². The summed E-state index contributed by atoms with van der Waals surface area (Å²) in [5, 5.41) is 8.69. The molecule has 0 aliphatic rings. The van der Waals surface area contributed by atoms with E-state index < -0.39 is 12.0 Å². The predicted molar refractivity (Wildman–Crippen MR) is 57.7 cm³/mol. The molecule has 1 aromatic carbocycles. The number of carboxylic acid groups (broad SMARTS) is 1. The topological polar surface area (TPSA) is 63.3 Å². The number of nitrogens with two attached hydrogens (primary N) is 1. The van der Waals surface area contributed by atoms with Crippen molar-refractivity contribution in [2.45, 2.75) is 18.9 Å². The first kappa shape index (κ1) is 12.9. The zero-order chi connectivity index (χ0) is 9.84. The van der Waals surface area contributed by atoms with Gasteiger partial charge in [0.15, 0.2) is 0 Å². The van der Waals surface area contributed by atoms with E-state index in [0.29, 0.717) is 0 Å². The fourth-order valence-electron chi connectivity index (χ4n) is 1.18. The van der Waals surface area contributed by atoms with E-state index in [1.54, 1.807) is 0 Å². The first-order valence-electron chi connectivity index (χ1n) is 4.16. The van der Waals surface area contributed by atoms with Gasteiger partial charge in [-0.25, -0.2) is 0 Å². The van der Waals surface area contributed by atoms with Crippen LogP contribution >= 0.6 is 12.4 Å². The van der Waals surface area contributed by atoms with Gasteiger partial charge in [0.25, 0.3) is 0 Å². The number of aliphatic carboxylic acids is 1. The van der Waals surface area contributed by atoms with E-state index >= 15 is 0 Å². The van der Waals surface area contributed by atoms with Crippen LogP contribution in [0.5, 0.6) is 0 Å². The fraction of sp³-hybridized carbons (Fsp3) is 0.300. The summed E-state index contributed by atoms with van der Waals surface area (Å²) < 4.78 is 0. The molecule has 0 fully saturated rings. The highest BCUT2D eigenvalue weighted by Gasteiger charge is 2.20. The van der Waals surface area contributed by atoms with Gasteiger partial charge >= 0.3 is 5.97 Å². The van der Waals surface area contributed by atoms with Crippen LogP contribution in [0.2, 0.25) is 0 Å². The maximum atomic E-state index is 10.6. The molecule has 0 spiro atoms.